The van der Waals surface area contributed by atoms with Crippen molar-refractivity contribution >= 4 is 84.5 Å². The summed E-state index contributed by atoms with van der Waals surface area (Å²) < 4.78 is 0. The molecule has 2 aliphatic heterocycles. The Kier molecular flexibility index (Phi) is 12.6. The van der Waals surface area contributed by atoms with Gasteiger partial charge in [-0.15, -0.1) is 0 Å². The maximum Gasteiger partial charge on any atom is 0.247 e. The standard InChI is InChI=1S/C73H66BN3Si2/c1-73(79(5,6)7)47-46-67-65(51-73)74-64-50-59(78(2,3)4)44-45-66(64)76(71-60(52-28-14-8-15-29-52)40-26-41-61(71)53-30-16-9-17-31-53)68-48-58(75(56-36-22-12-23-37-56)57-38-24-13-25-39-57)49-69(70(68)74)77(67)72-62(54-32-18-10-19-33-54)42-27-43-63(72)55-34-20-11-21-35-55/h8-50H,51H2,1-7H3. The highest BCUT2D eigenvalue weighted by Gasteiger charge is 2.51. The summed E-state index contributed by atoms with van der Waals surface area (Å²) in [6.07, 6.45) is 6.13. The summed E-state index contributed by atoms with van der Waals surface area (Å²) in [7, 11) is -3.72. The molecule has 3 aliphatic rings. The Morgan fingerprint density at radius 1 is 0.418 bits per heavy atom. The predicted molar refractivity (Wildman–Crippen MR) is 347 cm³/mol. The molecule has 0 aromatic heterocycles. The Hall–Kier alpha value is -8.42. The van der Waals surface area contributed by atoms with Crippen LogP contribution in [0.2, 0.25) is 44.3 Å². The SMILES string of the molecule is CC1([Si](C)(C)C)C=CC2=C(C1)B1c3cc([Si](C)(C)C)ccc3N(c3c(-c4ccccc4)cccc3-c3ccccc3)c3cc(N(c4ccccc4)c4ccccc4)cc(c31)N2c1c(-c2ccccc2)cccc1-c1ccccc1. The van der Waals surface area contributed by atoms with Crippen LogP contribution in [0.15, 0.2) is 272 Å². The molecule has 0 saturated heterocycles. The molecule has 3 nitrogen and oxygen atoms in total. The molecular formula is C73H66BN3Si2. The third kappa shape index (κ3) is 8.75. The first-order valence-corrected chi connectivity index (χ1v) is 35.1. The Morgan fingerprint density at radius 2 is 0.823 bits per heavy atom. The van der Waals surface area contributed by atoms with Crippen molar-refractivity contribution < 1.29 is 0 Å². The third-order valence-corrected chi connectivity index (χ3v) is 23.1. The molecule has 1 atom stereocenters. The zero-order valence-corrected chi connectivity index (χ0v) is 48.5. The van der Waals surface area contributed by atoms with E-state index >= 15 is 0 Å². The second-order valence-corrected chi connectivity index (χ2v) is 34.7. The van der Waals surface area contributed by atoms with Crippen LogP contribution >= 0.6 is 0 Å². The van der Waals surface area contributed by atoms with Gasteiger partial charge in [-0.25, -0.2) is 0 Å². The van der Waals surface area contributed by atoms with E-state index in [9.17, 15) is 0 Å². The predicted octanol–water partition coefficient (Wildman–Crippen LogP) is 18.8. The molecule has 0 saturated carbocycles. The van der Waals surface area contributed by atoms with Crippen molar-refractivity contribution in [2.75, 3.05) is 14.7 Å². The zero-order valence-electron chi connectivity index (χ0n) is 46.5. The molecule has 0 spiro atoms. The van der Waals surface area contributed by atoms with Gasteiger partial charge in [0, 0.05) is 56.4 Å². The molecule has 384 valence electrons. The summed E-state index contributed by atoms with van der Waals surface area (Å²) in [5, 5.41) is 1.46. The number of allylic oxidation sites excluding steroid dienone is 3. The van der Waals surface area contributed by atoms with Gasteiger partial charge in [0.2, 0.25) is 6.71 Å². The summed E-state index contributed by atoms with van der Waals surface area (Å²) in [5.74, 6) is 0. The number of hydrogen-bond acceptors (Lipinski definition) is 3. The van der Waals surface area contributed by atoms with Crippen LogP contribution in [0, 0.1) is 0 Å². The van der Waals surface area contributed by atoms with Gasteiger partial charge in [0.15, 0.2) is 0 Å². The van der Waals surface area contributed by atoms with E-state index < -0.39 is 16.1 Å². The van der Waals surface area contributed by atoms with Gasteiger partial charge >= 0.3 is 0 Å². The molecule has 0 amide bonds. The Bertz CT molecular complexity index is 3810. The van der Waals surface area contributed by atoms with Crippen molar-refractivity contribution in [2.45, 2.75) is 57.7 Å². The van der Waals surface area contributed by atoms with Crippen molar-refractivity contribution in [1.29, 1.82) is 0 Å². The summed E-state index contributed by atoms with van der Waals surface area (Å²) in [6, 6.07) is 92.8. The van der Waals surface area contributed by atoms with E-state index in [1.165, 1.54) is 100 Å². The summed E-state index contributed by atoms with van der Waals surface area (Å²) in [5.41, 5.74) is 24.2. The maximum atomic E-state index is 2.72. The van der Waals surface area contributed by atoms with Crippen molar-refractivity contribution in [2.24, 2.45) is 0 Å². The number of fused-ring (bicyclic) bond motifs is 3. The van der Waals surface area contributed by atoms with Gasteiger partial charge in [-0.3, -0.25) is 0 Å². The van der Waals surface area contributed by atoms with Gasteiger partial charge in [0.25, 0.3) is 0 Å². The molecule has 10 aromatic carbocycles. The van der Waals surface area contributed by atoms with Crippen LogP contribution in [0.3, 0.4) is 0 Å². The fourth-order valence-corrected chi connectivity index (χ4v) is 15.1. The minimum Gasteiger partial charge on any atom is -0.310 e. The maximum absolute atomic E-state index is 2.72. The van der Waals surface area contributed by atoms with Crippen molar-refractivity contribution in [3.05, 3.63) is 272 Å². The van der Waals surface area contributed by atoms with Gasteiger partial charge in [0.05, 0.1) is 33.2 Å². The van der Waals surface area contributed by atoms with E-state index in [1.807, 2.05) is 0 Å². The average Bonchev–Trinajstić information content (AvgIpc) is 3.53. The number of benzene rings is 10. The number of rotatable bonds is 11. The molecule has 1 aliphatic carbocycles. The normalized spacial score (nSPS) is 15.6. The first-order valence-electron chi connectivity index (χ1n) is 28.1. The van der Waals surface area contributed by atoms with Gasteiger partial charge in [-0.2, -0.15) is 0 Å². The molecule has 6 heteroatoms. The number of para-hydroxylation sites is 4. The minimum atomic E-state index is -1.87. The molecule has 79 heavy (non-hydrogen) atoms. The molecule has 0 fully saturated rings. The lowest BCUT2D eigenvalue weighted by atomic mass is 9.31. The van der Waals surface area contributed by atoms with Crippen LogP contribution < -0.4 is 30.8 Å². The molecule has 0 N–H and O–H groups in total. The highest BCUT2D eigenvalue weighted by Crippen LogP contribution is 2.58. The lowest BCUT2D eigenvalue weighted by Crippen LogP contribution is -2.58. The second kappa shape index (κ2) is 19.8. The van der Waals surface area contributed by atoms with Gasteiger partial charge in [-0.1, -0.05) is 269 Å². The van der Waals surface area contributed by atoms with E-state index in [-0.39, 0.29) is 11.8 Å². The summed E-state index contributed by atoms with van der Waals surface area (Å²) in [6.45, 7) is 17.7. The van der Waals surface area contributed by atoms with Gasteiger partial charge < -0.3 is 14.7 Å². The fourth-order valence-electron chi connectivity index (χ4n) is 12.6. The molecule has 0 bridgehead atoms. The largest absolute Gasteiger partial charge is 0.310 e. The Balaban J connectivity index is 1.24. The monoisotopic (exact) mass is 1050 g/mol. The smallest absolute Gasteiger partial charge is 0.247 e. The van der Waals surface area contributed by atoms with Crippen LogP contribution in [-0.4, -0.2) is 22.9 Å². The quantitative estimate of drug-likeness (QED) is 0.120. The number of anilines is 8. The molecule has 0 radical (unpaired) electrons. The molecule has 10 aromatic rings. The van der Waals surface area contributed by atoms with E-state index in [0.29, 0.717) is 0 Å². The lowest BCUT2D eigenvalue weighted by molar-refractivity contribution is 0.706. The van der Waals surface area contributed by atoms with Crippen molar-refractivity contribution in [3.8, 4) is 44.5 Å². The van der Waals surface area contributed by atoms with Gasteiger partial charge in [0.1, 0.15) is 0 Å². The number of nitrogens with zero attached hydrogens (tertiary/aromatic N) is 3. The zero-order chi connectivity index (χ0) is 54.0. The van der Waals surface area contributed by atoms with E-state index in [0.717, 1.165) is 23.5 Å². The van der Waals surface area contributed by atoms with Crippen LogP contribution in [-0.2, 0) is 0 Å². The summed E-state index contributed by atoms with van der Waals surface area (Å²) in [4.78, 5) is 7.89. The lowest BCUT2D eigenvalue weighted by Gasteiger charge is -2.50. The Labute approximate surface area is 470 Å². The first-order chi connectivity index (χ1) is 38.4. The highest BCUT2D eigenvalue weighted by atomic mass is 28.3. The third-order valence-electron chi connectivity index (χ3n) is 17.3. The average molecular weight is 1050 g/mol. The molecule has 2 heterocycles. The minimum absolute atomic E-state index is 0.0121. The van der Waals surface area contributed by atoms with Crippen molar-refractivity contribution in [3.63, 3.8) is 0 Å². The molecule has 1 unspecified atom stereocenters. The number of hydrogen-bond donors (Lipinski definition) is 0. The topological polar surface area (TPSA) is 9.72 Å². The van der Waals surface area contributed by atoms with E-state index in [4.69, 9.17) is 0 Å². The van der Waals surface area contributed by atoms with E-state index in [1.54, 1.807) is 0 Å². The van der Waals surface area contributed by atoms with Crippen LogP contribution in [0.25, 0.3) is 44.5 Å². The van der Waals surface area contributed by atoms with Crippen molar-refractivity contribution in [1.82, 2.24) is 0 Å². The van der Waals surface area contributed by atoms with Crippen LogP contribution in [0.5, 0.6) is 0 Å². The van der Waals surface area contributed by atoms with Gasteiger partial charge in [-0.05, 0) is 93.2 Å². The molecular weight excluding hydrogens is 986 g/mol. The molecule has 13 rings (SSSR count). The van der Waals surface area contributed by atoms with E-state index in [2.05, 4.69) is 322 Å². The fraction of sp³-hybridized carbons (Fsp3) is 0.123. The Morgan fingerprint density at radius 3 is 1.24 bits per heavy atom. The second-order valence-electron chi connectivity index (χ2n) is 24.0. The van der Waals surface area contributed by atoms with Crippen LogP contribution in [0.1, 0.15) is 13.3 Å². The van der Waals surface area contributed by atoms with Crippen LogP contribution in [0.4, 0.5) is 45.5 Å². The summed E-state index contributed by atoms with van der Waals surface area (Å²) >= 11 is 0. The first kappa shape index (κ1) is 50.1. The highest BCUT2D eigenvalue weighted by molar-refractivity contribution is 6.96.